The van der Waals surface area contributed by atoms with Gasteiger partial charge in [-0.2, -0.15) is 0 Å². The maximum absolute atomic E-state index is 11.6. The minimum absolute atomic E-state index is 0.0311. The lowest BCUT2D eigenvalue weighted by Crippen LogP contribution is -2.37. The van der Waals surface area contributed by atoms with Crippen molar-refractivity contribution in [3.8, 4) is 0 Å². The molecule has 0 atom stereocenters. The molecular formula is C11H21N3O2. The first-order valence-corrected chi connectivity index (χ1v) is 5.99. The molecule has 1 rings (SSSR count). The van der Waals surface area contributed by atoms with Gasteiger partial charge >= 0.3 is 0 Å². The molecule has 1 aliphatic rings. The molecule has 1 heterocycles. The van der Waals surface area contributed by atoms with Crippen LogP contribution in [-0.2, 0) is 9.59 Å². The highest BCUT2D eigenvalue weighted by Crippen LogP contribution is 2.06. The Morgan fingerprint density at radius 2 is 1.94 bits per heavy atom. The molecule has 0 radical (unpaired) electrons. The Hall–Kier alpha value is -1.10. The van der Waals surface area contributed by atoms with Crippen molar-refractivity contribution >= 4 is 11.8 Å². The first-order valence-electron chi connectivity index (χ1n) is 5.99. The predicted molar refractivity (Wildman–Crippen MR) is 62.0 cm³/mol. The summed E-state index contributed by atoms with van der Waals surface area (Å²) in [5, 5.41) is 5.71. The summed E-state index contributed by atoms with van der Waals surface area (Å²) in [6.07, 6.45) is 2.66. The third-order valence-corrected chi connectivity index (χ3v) is 2.64. The van der Waals surface area contributed by atoms with Gasteiger partial charge in [0.05, 0.1) is 6.54 Å². The molecular weight excluding hydrogens is 206 g/mol. The molecule has 5 heteroatoms. The van der Waals surface area contributed by atoms with Crippen LogP contribution in [0, 0.1) is 0 Å². The van der Waals surface area contributed by atoms with Crippen LogP contribution in [0.4, 0.5) is 0 Å². The Morgan fingerprint density at radius 1 is 1.25 bits per heavy atom. The van der Waals surface area contributed by atoms with Crippen molar-refractivity contribution in [2.24, 2.45) is 0 Å². The Labute approximate surface area is 96.6 Å². The summed E-state index contributed by atoms with van der Waals surface area (Å²) < 4.78 is 0. The Balaban J connectivity index is 2.02. The van der Waals surface area contributed by atoms with Crippen molar-refractivity contribution in [3.05, 3.63) is 0 Å². The number of hydrogen-bond acceptors (Lipinski definition) is 3. The summed E-state index contributed by atoms with van der Waals surface area (Å²) in [6, 6.07) is 0. The molecule has 0 aromatic heterocycles. The average Bonchev–Trinajstić information content (AvgIpc) is 2.78. The topological polar surface area (TPSA) is 61.4 Å². The average molecular weight is 227 g/mol. The van der Waals surface area contributed by atoms with Gasteiger partial charge in [-0.1, -0.05) is 0 Å². The molecule has 1 fully saturated rings. The van der Waals surface area contributed by atoms with Gasteiger partial charge in [-0.15, -0.1) is 0 Å². The van der Waals surface area contributed by atoms with E-state index < -0.39 is 0 Å². The quantitative estimate of drug-likeness (QED) is 0.614. The highest BCUT2D eigenvalue weighted by molar-refractivity contribution is 5.79. The summed E-state index contributed by atoms with van der Waals surface area (Å²) in [5.41, 5.74) is 0. The molecule has 1 saturated heterocycles. The zero-order valence-corrected chi connectivity index (χ0v) is 9.92. The Bertz CT molecular complexity index is 237. The van der Waals surface area contributed by atoms with Crippen LogP contribution in [-0.4, -0.2) is 49.4 Å². The molecule has 0 aromatic carbocycles. The maximum Gasteiger partial charge on any atom is 0.236 e. The van der Waals surface area contributed by atoms with Gasteiger partial charge in [0.1, 0.15) is 0 Å². The lowest BCUT2D eigenvalue weighted by atomic mass is 10.4. The van der Waals surface area contributed by atoms with Crippen LogP contribution in [0.1, 0.15) is 26.2 Å². The summed E-state index contributed by atoms with van der Waals surface area (Å²) in [6.45, 7) is 5.23. The number of nitrogens with zero attached hydrogens (tertiary/aromatic N) is 1. The first-order chi connectivity index (χ1) is 7.74. The van der Waals surface area contributed by atoms with E-state index in [9.17, 15) is 9.59 Å². The normalized spacial score (nSPS) is 15.2. The van der Waals surface area contributed by atoms with E-state index >= 15 is 0 Å². The highest BCUT2D eigenvalue weighted by atomic mass is 16.2. The van der Waals surface area contributed by atoms with E-state index in [2.05, 4.69) is 10.6 Å². The van der Waals surface area contributed by atoms with Crippen molar-refractivity contribution in [2.45, 2.75) is 26.2 Å². The molecule has 0 saturated carbocycles. The van der Waals surface area contributed by atoms with E-state index in [1.165, 1.54) is 0 Å². The van der Waals surface area contributed by atoms with Crippen molar-refractivity contribution in [3.63, 3.8) is 0 Å². The van der Waals surface area contributed by atoms with Gasteiger partial charge in [0.15, 0.2) is 0 Å². The Morgan fingerprint density at radius 3 is 2.56 bits per heavy atom. The SMILES string of the molecule is CCNC(=O)CCNCC(=O)N1CCCC1. The smallest absolute Gasteiger partial charge is 0.236 e. The van der Waals surface area contributed by atoms with E-state index in [1.807, 2.05) is 11.8 Å². The van der Waals surface area contributed by atoms with E-state index in [4.69, 9.17) is 0 Å². The molecule has 2 N–H and O–H groups in total. The van der Waals surface area contributed by atoms with Gasteiger partial charge < -0.3 is 15.5 Å². The molecule has 0 aromatic rings. The van der Waals surface area contributed by atoms with Gasteiger partial charge in [-0.25, -0.2) is 0 Å². The zero-order chi connectivity index (χ0) is 11.8. The molecule has 2 amide bonds. The van der Waals surface area contributed by atoms with Crippen molar-refractivity contribution in [1.29, 1.82) is 0 Å². The van der Waals surface area contributed by atoms with E-state index in [1.54, 1.807) is 0 Å². The Kier molecular flexibility index (Phi) is 5.85. The number of hydrogen-bond donors (Lipinski definition) is 2. The third-order valence-electron chi connectivity index (χ3n) is 2.64. The lowest BCUT2D eigenvalue weighted by molar-refractivity contribution is -0.129. The van der Waals surface area contributed by atoms with Crippen molar-refractivity contribution < 1.29 is 9.59 Å². The van der Waals surface area contributed by atoms with Crippen LogP contribution >= 0.6 is 0 Å². The van der Waals surface area contributed by atoms with Gasteiger partial charge in [-0.05, 0) is 19.8 Å². The second-order valence-electron chi connectivity index (χ2n) is 3.97. The monoisotopic (exact) mass is 227 g/mol. The fourth-order valence-corrected chi connectivity index (χ4v) is 1.76. The van der Waals surface area contributed by atoms with E-state index in [-0.39, 0.29) is 11.8 Å². The minimum atomic E-state index is 0.0311. The number of amides is 2. The molecule has 0 bridgehead atoms. The van der Waals surface area contributed by atoms with E-state index in [0.717, 1.165) is 25.9 Å². The third kappa shape index (κ3) is 4.61. The standard InChI is InChI=1S/C11H21N3O2/c1-2-13-10(15)5-6-12-9-11(16)14-7-3-4-8-14/h12H,2-9H2,1H3,(H,13,15). The van der Waals surface area contributed by atoms with Gasteiger partial charge in [-0.3, -0.25) is 9.59 Å². The number of nitrogens with one attached hydrogen (secondary N) is 2. The fourth-order valence-electron chi connectivity index (χ4n) is 1.76. The minimum Gasteiger partial charge on any atom is -0.356 e. The summed E-state index contributed by atoms with van der Waals surface area (Å²) in [7, 11) is 0. The lowest BCUT2D eigenvalue weighted by Gasteiger charge is -2.15. The fraction of sp³-hybridized carbons (Fsp3) is 0.818. The highest BCUT2D eigenvalue weighted by Gasteiger charge is 2.16. The number of carbonyl (C=O) groups is 2. The van der Waals surface area contributed by atoms with Crippen LogP contribution < -0.4 is 10.6 Å². The van der Waals surface area contributed by atoms with Crippen molar-refractivity contribution in [2.75, 3.05) is 32.7 Å². The van der Waals surface area contributed by atoms with Gasteiger partial charge in [0.25, 0.3) is 0 Å². The summed E-state index contributed by atoms with van der Waals surface area (Å²) in [5.74, 6) is 0.178. The second kappa shape index (κ2) is 7.22. The maximum atomic E-state index is 11.6. The van der Waals surface area contributed by atoms with Gasteiger partial charge in [0.2, 0.25) is 11.8 Å². The second-order valence-corrected chi connectivity index (χ2v) is 3.97. The van der Waals surface area contributed by atoms with E-state index in [0.29, 0.717) is 26.1 Å². The van der Waals surface area contributed by atoms with Gasteiger partial charge in [0, 0.05) is 32.6 Å². The number of rotatable bonds is 6. The molecule has 0 unspecified atom stereocenters. The molecule has 16 heavy (non-hydrogen) atoms. The van der Waals surface area contributed by atoms with Crippen LogP contribution in [0.5, 0.6) is 0 Å². The largest absolute Gasteiger partial charge is 0.356 e. The molecule has 0 aliphatic carbocycles. The van der Waals surface area contributed by atoms with Crippen molar-refractivity contribution in [1.82, 2.24) is 15.5 Å². The molecule has 1 aliphatic heterocycles. The zero-order valence-electron chi connectivity index (χ0n) is 9.92. The number of likely N-dealkylation sites (tertiary alicyclic amines) is 1. The summed E-state index contributed by atoms with van der Waals surface area (Å²) >= 11 is 0. The molecule has 0 spiro atoms. The van der Waals surface area contributed by atoms with Crippen LogP contribution in [0.2, 0.25) is 0 Å². The number of carbonyl (C=O) groups excluding carboxylic acids is 2. The van der Waals surface area contributed by atoms with Crippen LogP contribution in [0.15, 0.2) is 0 Å². The van der Waals surface area contributed by atoms with Crippen LogP contribution in [0.3, 0.4) is 0 Å². The molecule has 5 nitrogen and oxygen atoms in total. The first kappa shape index (κ1) is 13.0. The molecule has 92 valence electrons. The van der Waals surface area contributed by atoms with Crippen LogP contribution in [0.25, 0.3) is 0 Å². The predicted octanol–water partition coefficient (Wildman–Crippen LogP) is -0.275. The summed E-state index contributed by atoms with van der Waals surface area (Å²) in [4.78, 5) is 24.6.